The van der Waals surface area contributed by atoms with Crippen LogP contribution in [-0.4, -0.2) is 20.6 Å². The monoisotopic (exact) mass is 184 g/mol. The van der Waals surface area contributed by atoms with Gasteiger partial charge in [-0.05, 0) is 5.92 Å². The molecule has 5 heteroatoms. The maximum Gasteiger partial charge on any atom is 0.327 e. The highest BCUT2D eigenvalue weighted by Gasteiger charge is 2.24. The molecule has 1 heterocycles. The first-order chi connectivity index (χ1) is 6.04. The number of aliphatic carboxylic acids is 1. The molecule has 0 saturated carbocycles. The minimum Gasteiger partial charge on any atom is -0.480 e. The largest absolute Gasteiger partial charge is 0.480 e. The van der Waals surface area contributed by atoms with Crippen molar-refractivity contribution in [1.29, 1.82) is 0 Å². The molecular weight excluding hydrogens is 172 g/mol. The maximum atomic E-state index is 11.1. The van der Waals surface area contributed by atoms with E-state index in [1.165, 1.54) is 17.0 Å². The zero-order chi connectivity index (χ0) is 10.0. The summed E-state index contributed by atoms with van der Waals surface area (Å²) in [4.78, 5) is 24.3. The number of hydrogen-bond acceptors (Lipinski definition) is 2. The third-order valence-corrected chi connectivity index (χ3v) is 1.86. The van der Waals surface area contributed by atoms with Gasteiger partial charge in [0.1, 0.15) is 6.04 Å². The minimum atomic E-state index is -0.989. The van der Waals surface area contributed by atoms with Gasteiger partial charge >= 0.3 is 11.7 Å². The van der Waals surface area contributed by atoms with Gasteiger partial charge in [0.25, 0.3) is 0 Å². The van der Waals surface area contributed by atoms with Gasteiger partial charge in [0.05, 0.1) is 0 Å². The average Bonchev–Trinajstić information content (AvgIpc) is 2.35. The first kappa shape index (κ1) is 9.57. The Morgan fingerprint density at radius 2 is 2.23 bits per heavy atom. The molecule has 1 unspecified atom stereocenters. The Hall–Kier alpha value is -1.52. The van der Waals surface area contributed by atoms with Gasteiger partial charge in [0, 0.05) is 12.4 Å². The Morgan fingerprint density at radius 3 is 2.54 bits per heavy atom. The van der Waals surface area contributed by atoms with E-state index in [4.69, 9.17) is 5.11 Å². The molecule has 0 bridgehead atoms. The summed E-state index contributed by atoms with van der Waals surface area (Å²) in [5.41, 5.74) is -0.388. The molecule has 72 valence electrons. The number of aromatic amines is 1. The number of hydrogen-bond donors (Lipinski definition) is 2. The van der Waals surface area contributed by atoms with E-state index in [0.29, 0.717) is 0 Å². The summed E-state index contributed by atoms with van der Waals surface area (Å²) in [5, 5.41) is 8.87. The van der Waals surface area contributed by atoms with Gasteiger partial charge in [-0.25, -0.2) is 9.59 Å². The van der Waals surface area contributed by atoms with Crippen molar-refractivity contribution in [2.45, 2.75) is 19.9 Å². The molecule has 1 rings (SSSR count). The number of aromatic nitrogens is 2. The second-order valence-corrected chi connectivity index (χ2v) is 3.20. The predicted octanol–water partition coefficient (Wildman–Crippen LogP) is 0.458. The normalized spacial score (nSPS) is 13.2. The molecule has 0 aliphatic rings. The number of imidazole rings is 1. The summed E-state index contributed by atoms with van der Waals surface area (Å²) >= 11 is 0. The summed E-state index contributed by atoms with van der Waals surface area (Å²) < 4.78 is 1.19. The zero-order valence-electron chi connectivity index (χ0n) is 7.52. The molecule has 1 aromatic rings. The van der Waals surface area contributed by atoms with Crippen molar-refractivity contribution < 1.29 is 9.90 Å². The van der Waals surface area contributed by atoms with Crippen LogP contribution in [0.15, 0.2) is 17.2 Å². The van der Waals surface area contributed by atoms with Gasteiger partial charge < -0.3 is 10.1 Å². The molecular formula is C8H12N2O3. The van der Waals surface area contributed by atoms with Crippen LogP contribution in [0, 0.1) is 5.92 Å². The number of carbonyl (C=O) groups is 1. The van der Waals surface area contributed by atoms with E-state index >= 15 is 0 Å². The van der Waals surface area contributed by atoms with Gasteiger partial charge in [-0.2, -0.15) is 0 Å². The van der Waals surface area contributed by atoms with Crippen molar-refractivity contribution in [2.24, 2.45) is 5.92 Å². The molecule has 1 atom stereocenters. The van der Waals surface area contributed by atoms with E-state index in [2.05, 4.69) is 4.98 Å². The standard InChI is InChI=1S/C8H12N2O3/c1-5(2)6(7(11)12)10-4-3-9-8(10)13/h3-6H,1-2H3,(H,9,13)(H,11,12). The van der Waals surface area contributed by atoms with Crippen molar-refractivity contribution in [3.8, 4) is 0 Å². The van der Waals surface area contributed by atoms with Crippen LogP contribution in [0.3, 0.4) is 0 Å². The van der Waals surface area contributed by atoms with Gasteiger partial charge in [-0.3, -0.25) is 4.57 Å². The van der Waals surface area contributed by atoms with Crippen LogP contribution in [0.25, 0.3) is 0 Å². The van der Waals surface area contributed by atoms with E-state index < -0.39 is 12.0 Å². The Balaban J connectivity index is 3.10. The highest BCUT2D eigenvalue weighted by molar-refractivity contribution is 5.72. The Bertz CT molecular complexity index is 350. The fourth-order valence-corrected chi connectivity index (χ4v) is 1.28. The molecule has 0 aliphatic heterocycles. The van der Waals surface area contributed by atoms with Crippen molar-refractivity contribution >= 4 is 5.97 Å². The fourth-order valence-electron chi connectivity index (χ4n) is 1.28. The molecule has 0 aromatic carbocycles. The lowest BCUT2D eigenvalue weighted by atomic mass is 10.1. The lowest BCUT2D eigenvalue weighted by Crippen LogP contribution is -2.31. The smallest absolute Gasteiger partial charge is 0.327 e. The van der Waals surface area contributed by atoms with Crippen LogP contribution in [0.1, 0.15) is 19.9 Å². The predicted molar refractivity (Wildman–Crippen MR) is 46.6 cm³/mol. The molecule has 2 N–H and O–H groups in total. The van der Waals surface area contributed by atoms with Crippen LogP contribution >= 0.6 is 0 Å². The van der Waals surface area contributed by atoms with Gasteiger partial charge in [-0.15, -0.1) is 0 Å². The molecule has 1 aromatic heterocycles. The average molecular weight is 184 g/mol. The number of carboxylic acid groups (broad SMARTS) is 1. The van der Waals surface area contributed by atoms with Crippen LogP contribution in [-0.2, 0) is 4.79 Å². The van der Waals surface area contributed by atoms with Gasteiger partial charge in [0.2, 0.25) is 0 Å². The van der Waals surface area contributed by atoms with E-state index in [0.717, 1.165) is 0 Å². The minimum absolute atomic E-state index is 0.119. The molecule has 0 fully saturated rings. The maximum absolute atomic E-state index is 11.1. The van der Waals surface area contributed by atoms with Crippen LogP contribution in [0.5, 0.6) is 0 Å². The third-order valence-electron chi connectivity index (χ3n) is 1.86. The van der Waals surface area contributed by atoms with Crippen LogP contribution < -0.4 is 5.69 Å². The van der Waals surface area contributed by atoms with Crippen LogP contribution in [0.2, 0.25) is 0 Å². The highest BCUT2D eigenvalue weighted by atomic mass is 16.4. The number of rotatable bonds is 3. The second kappa shape index (κ2) is 3.47. The summed E-state index contributed by atoms with van der Waals surface area (Å²) in [6, 6.07) is -0.793. The van der Waals surface area contributed by atoms with E-state index in [1.54, 1.807) is 13.8 Å². The second-order valence-electron chi connectivity index (χ2n) is 3.20. The van der Waals surface area contributed by atoms with Crippen molar-refractivity contribution in [1.82, 2.24) is 9.55 Å². The fraction of sp³-hybridized carbons (Fsp3) is 0.500. The van der Waals surface area contributed by atoms with Crippen molar-refractivity contribution in [3.63, 3.8) is 0 Å². The molecule has 0 spiro atoms. The number of carboxylic acids is 1. The van der Waals surface area contributed by atoms with Crippen molar-refractivity contribution in [2.75, 3.05) is 0 Å². The summed E-state index contributed by atoms with van der Waals surface area (Å²) in [6.45, 7) is 3.52. The highest BCUT2D eigenvalue weighted by Crippen LogP contribution is 2.15. The molecule has 5 nitrogen and oxygen atoms in total. The third kappa shape index (κ3) is 1.80. The first-order valence-corrected chi connectivity index (χ1v) is 4.02. The summed E-state index contributed by atoms with van der Waals surface area (Å²) in [5.74, 6) is -1.11. The topological polar surface area (TPSA) is 75.1 Å². The zero-order valence-corrected chi connectivity index (χ0v) is 7.52. The SMILES string of the molecule is CC(C)C(C(=O)O)n1cc[nH]c1=O. The Morgan fingerprint density at radius 1 is 1.62 bits per heavy atom. The molecule has 0 amide bonds. The quantitative estimate of drug-likeness (QED) is 0.716. The summed E-state index contributed by atoms with van der Waals surface area (Å²) in [6.07, 6.45) is 2.88. The molecule has 0 radical (unpaired) electrons. The lowest BCUT2D eigenvalue weighted by Gasteiger charge is -2.16. The van der Waals surface area contributed by atoms with E-state index in [9.17, 15) is 9.59 Å². The molecule has 13 heavy (non-hydrogen) atoms. The van der Waals surface area contributed by atoms with E-state index in [1.807, 2.05) is 0 Å². The Kier molecular flexibility index (Phi) is 2.55. The van der Waals surface area contributed by atoms with Crippen LogP contribution in [0.4, 0.5) is 0 Å². The van der Waals surface area contributed by atoms with Gasteiger partial charge in [0.15, 0.2) is 0 Å². The Labute approximate surface area is 75.0 Å². The van der Waals surface area contributed by atoms with Crippen molar-refractivity contribution in [3.05, 3.63) is 22.9 Å². The lowest BCUT2D eigenvalue weighted by molar-refractivity contribution is -0.142. The molecule has 0 saturated heterocycles. The number of nitrogens with zero attached hydrogens (tertiary/aromatic N) is 1. The van der Waals surface area contributed by atoms with E-state index in [-0.39, 0.29) is 11.6 Å². The molecule has 0 aliphatic carbocycles. The van der Waals surface area contributed by atoms with Gasteiger partial charge in [-0.1, -0.05) is 13.8 Å². The number of H-pyrrole nitrogens is 1. The first-order valence-electron chi connectivity index (χ1n) is 4.02. The number of nitrogens with one attached hydrogen (secondary N) is 1. The summed E-state index contributed by atoms with van der Waals surface area (Å²) in [7, 11) is 0.